The monoisotopic (exact) mass is 646 g/mol. The maximum absolute atomic E-state index is 13.1. The van der Waals surface area contributed by atoms with E-state index in [2.05, 4.69) is 19.1 Å². The van der Waals surface area contributed by atoms with E-state index in [1.54, 1.807) is 13.0 Å². The average Bonchev–Trinajstić information content (AvgIpc) is 3.07. The van der Waals surface area contributed by atoms with Crippen molar-refractivity contribution in [3.05, 3.63) is 77.9 Å². The second-order valence-electron chi connectivity index (χ2n) is 12.1. The van der Waals surface area contributed by atoms with Crippen LogP contribution in [0.2, 0.25) is 0 Å². The molecule has 0 fully saturated rings. The summed E-state index contributed by atoms with van der Waals surface area (Å²) >= 11 is 1.19. The van der Waals surface area contributed by atoms with Crippen LogP contribution in [-0.2, 0) is 9.53 Å². The quantitative estimate of drug-likeness (QED) is 0.0652. The largest absolute Gasteiger partial charge is 0.494 e. The molecule has 0 N–H and O–H groups in total. The fraction of sp³-hybridized carbons (Fsp3) is 0.500. The van der Waals surface area contributed by atoms with Gasteiger partial charge in [0.15, 0.2) is 6.10 Å². The highest BCUT2D eigenvalue weighted by molar-refractivity contribution is 8.14. The Balaban J connectivity index is 1.42. The SMILES string of the molecule is CCCCCCCCCCCCOc1ccc(-c2ccc(C(=O)Sc3ccc(OC(C)C(=O)OC(CC)CC)cc3C)cc2)cc1. The molecule has 0 radical (unpaired) electrons. The van der Waals surface area contributed by atoms with Crippen molar-refractivity contribution in [1.29, 1.82) is 0 Å². The molecular formula is C40H54O5S. The summed E-state index contributed by atoms with van der Waals surface area (Å²) < 4.78 is 17.3. The Bertz CT molecular complexity index is 1310. The molecule has 0 saturated carbocycles. The molecule has 0 heterocycles. The van der Waals surface area contributed by atoms with Gasteiger partial charge < -0.3 is 14.2 Å². The van der Waals surface area contributed by atoms with Crippen molar-refractivity contribution in [1.82, 2.24) is 0 Å². The predicted molar refractivity (Wildman–Crippen MR) is 191 cm³/mol. The molecule has 0 aromatic heterocycles. The minimum absolute atomic E-state index is 0.0267. The number of benzene rings is 3. The number of hydrogen-bond acceptors (Lipinski definition) is 6. The molecule has 3 aromatic carbocycles. The topological polar surface area (TPSA) is 61.8 Å². The molecule has 6 heteroatoms. The number of carbonyl (C=O) groups excluding carboxylic acids is 2. The zero-order valence-electron chi connectivity index (χ0n) is 28.6. The van der Waals surface area contributed by atoms with Crippen LogP contribution in [0.1, 0.15) is 121 Å². The van der Waals surface area contributed by atoms with Gasteiger partial charge in [-0.2, -0.15) is 0 Å². The maximum Gasteiger partial charge on any atom is 0.347 e. The first-order chi connectivity index (χ1) is 22.3. The van der Waals surface area contributed by atoms with Gasteiger partial charge in [0.2, 0.25) is 5.12 Å². The number of carbonyl (C=O) groups is 2. The van der Waals surface area contributed by atoms with E-state index in [4.69, 9.17) is 14.2 Å². The standard InChI is InChI=1S/C40H54O5S/c1-6-9-10-11-12-13-14-15-16-17-28-43-36-24-22-33(23-25-36)32-18-20-34(21-19-32)40(42)46-38-27-26-37(29-30(38)4)44-31(5)39(41)45-35(7-2)8-3/h18-27,29,31,35H,6-17,28H2,1-5H3. The molecule has 0 spiro atoms. The summed E-state index contributed by atoms with van der Waals surface area (Å²) in [6.45, 7) is 10.6. The lowest BCUT2D eigenvalue weighted by atomic mass is 10.0. The summed E-state index contributed by atoms with van der Waals surface area (Å²) in [6.07, 6.45) is 13.9. The fourth-order valence-corrected chi connectivity index (χ4v) is 6.07. The number of rotatable bonds is 21. The van der Waals surface area contributed by atoms with E-state index in [9.17, 15) is 9.59 Å². The molecule has 46 heavy (non-hydrogen) atoms. The van der Waals surface area contributed by atoms with E-state index in [0.717, 1.165) is 53.2 Å². The molecule has 3 rings (SSSR count). The Labute approximate surface area is 281 Å². The van der Waals surface area contributed by atoms with E-state index in [0.29, 0.717) is 11.3 Å². The Morgan fingerprint density at radius 2 is 1.24 bits per heavy atom. The number of esters is 1. The first-order valence-electron chi connectivity index (χ1n) is 17.4. The molecule has 0 aliphatic heterocycles. The van der Waals surface area contributed by atoms with E-state index in [1.807, 2.05) is 69.3 Å². The van der Waals surface area contributed by atoms with Crippen LogP contribution in [0.15, 0.2) is 71.6 Å². The zero-order valence-corrected chi connectivity index (χ0v) is 29.5. The maximum atomic E-state index is 13.1. The molecule has 1 unspecified atom stereocenters. The Morgan fingerprint density at radius 1 is 0.696 bits per heavy atom. The van der Waals surface area contributed by atoms with Crippen LogP contribution >= 0.6 is 11.8 Å². The minimum Gasteiger partial charge on any atom is -0.494 e. The summed E-state index contributed by atoms with van der Waals surface area (Å²) in [4.78, 5) is 26.3. The van der Waals surface area contributed by atoms with Crippen molar-refractivity contribution in [2.45, 2.75) is 129 Å². The molecule has 0 bridgehead atoms. The van der Waals surface area contributed by atoms with Crippen LogP contribution in [0.5, 0.6) is 11.5 Å². The van der Waals surface area contributed by atoms with Gasteiger partial charge in [0.1, 0.15) is 17.6 Å². The van der Waals surface area contributed by atoms with Gasteiger partial charge in [-0.1, -0.05) is 103 Å². The minimum atomic E-state index is -0.711. The lowest BCUT2D eigenvalue weighted by molar-refractivity contribution is -0.157. The van der Waals surface area contributed by atoms with Crippen LogP contribution in [-0.4, -0.2) is 29.9 Å². The number of thioether (sulfide) groups is 1. The van der Waals surface area contributed by atoms with E-state index in [1.165, 1.54) is 69.5 Å². The van der Waals surface area contributed by atoms with Crippen LogP contribution in [0.3, 0.4) is 0 Å². The first-order valence-corrected chi connectivity index (χ1v) is 18.2. The Hall–Kier alpha value is -3.25. The molecule has 0 aliphatic carbocycles. The average molecular weight is 647 g/mol. The van der Waals surface area contributed by atoms with Gasteiger partial charge >= 0.3 is 5.97 Å². The van der Waals surface area contributed by atoms with Crippen molar-refractivity contribution >= 4 is 22.8 Å². The third-order valence-electron chi connectivity index (χ3n) is 8.26. The van der Waals surface area contributed by atoms with Gasteiger partial charge in [-0.3, -0.25) is 4.79 Å². The van der Waals surface area contributed by atoms with Gasteiger partial charge in [-0.15, -0.1) is 0 Å². The predicted octanol–water partition coefficient (Wildman–Crippen LogP) is 11.4. The van der Waals surface area contributed by atoms with E-state index >= 15 is 0 Å². The number of aryl methyl sites for hydroxylation is 1. The summed E-state index contributed by atoms with van der Waals surface area (Å²) in [7, 11) is 0. The van der Waals surface area contributed by atoms with Crippen LogP contribution in [0.25, 0.3) is 11.1 Å². The van der Waals surface area contributed by atoms with Gasteiger partial charge in [-0.05, 0) is 104 Å². The van der Waals surface area contributed by atoms with Gasteiger partial charge in [-0.25, -0.2) is 4.79 Å². The highest BCUT2D eigenvalue weighted by Crippen LogP contribution is 2.30. The highest BCUT2D eigenvalue weighted by Gasteiger charge is 2.20. The molecule has 250 valence electrons. The van der Waals surface area contributed by atoms with E-state index in [-0.39, 0.29) is 17.2 Å². The van der Waals surface area contributed by atoms with Crippen molar-refractivity contribution in [3.63, 3.8) is 0 Å². The summed E-state index contributed by atoms with van der Waals surface area (Å²) in [5.41, 5.74) is 3.69. The molecular weight excluding hydrogens is 593 g/mol. The lowest BCUT2D eigenvalue weighted by Crippen LogP contribution is -2.29. The van der Waals surface area contributed by atoms with Gasteiger partial charge in [0.05, 0.1) is 6.61 Å². The highest BCUT2D eigenvalue weighted by atomic mass is 32.2. The van der Waals surface area contributed by atoms with Gasteiger partial charge in [0, 0.05) is 10.5 Å². The van der Waals surface area contributed by atoms with Crippen molar-refractivity contribution < 1.29 is 23.8 Å². The zero-order chi connectivity index (χ0) is 33.1. The third kappa shape index (κ3) is 12.9. The van der Waals surface area contributed by atoms with Gasteiger partial charge in [0.25, 0.3) is 0 Å². The number of unbranched alkanes of at least 4 members (excludes halogenated alkanes) is 9. The second kappa shape index (κ2) is 20.8. The fourth-order valence-electron chi connectivity index (χ4n) is 5.26. The van der Waals surface area contributed by atoms with Crippen molar-refractivity contribution in [3.8, 4) is 22.6 Å². The number of hydrogen-bond donors (Lipinski definition) is 0. The summed E-state index contributed by atoms with van der Waals surface area (Å²) in [5, 5.41) is -0.0267. The first kappa shape index (κ1) is 37.2. The second-order valence-corrected chi connectivity index (χ2v) is 13.1. The Kier molecular flexibility index (Phi) is 16.8. The van der Waals surface area contributed by atoms with Crippen LogP contribution in [0, 0.1) is 6.92 Å². The normalized spacial score (nSPS) is 11.8. The van der Waals surface area contributed by atoms with Crippen LogP contribution in [0.4, 0.5) is 0 Å². The van der Waals surface area contributed by atoms with Crippen molar-refractivity contribution in [2.24, 2.45) is 0 Å². The third-order valence-corrected chi connectivity index (χ3v) is 9.36. The molecule has 0 aliphatic rings. The Morgan fingerprint density at radius 3 is 1.80 bits per heavy atom. The molecule has 1 atom stereocenters. The van der Waals surface area contributed by atoms with Crippen molar-refractivity contribution in [2.75, 3.05) is 6.61 Å². The van der Waals surface area contributed by atoms with Crippen LogP contribution < -0.4 is 9.47 Å². The summed E-state index contributed by atoms with van der Waals surface area (Å²) in [5.74, 6) is 1.10. The molecule has 0 saturated heterocycles. The molecule has 3 aromatic rings. The molecule has 0 amide bonds. The van der Waals surface area contributed by atoms with E-state index < -0.39 is 6.10 Å². The molecule has 5 nitrogen and oxygen atoms in total. The number of ether oxygens (including phenoxy) is 3. The smallest absolute Gasteiger partial charge is 0.347 e. The summed E-state index contributed by atoms with van der Waals surface area (Å²) in [6, 6.07) is 21.4. The lowest BCUT2D eigenvalue weighted by Gasteiger charge is -2.19.